The molecule has 2 heterocycles. The van der Waals surface area contributed by atoms with Crippen LogP contribution in [0.5, 0.6) is 0 Å². The third-order valence-corrected chi connectivity index (χ3v) is 8.01. The zero-order valence-corrected chi connectivity index (χ0v) is 27.9. The van der Waals surface area contributed by atoms with E-state index in [4.69, 9.17) is 5.11 Å². The molecule has 2 saturated carbocycles. The molecule has 4 rings (SSSR count). The number of aromatic carboxylic acids is 1. The van der Waals surface area contributed by atoms with E-state index >= 15 is 0 Å². The van der Waals surface area contributed by atoms with Gasteiger partial charge in [0.25, 0.3) is 0 Å². The van der Waals surface area contributed by atoms with E-state index in [1.165, 1.54) is 75.8 Å². The number of terminal acetylenes is 1. The number of carboxylic acid groups (broad SMARTS) is 2. The van der Waals surface area contributed by atoms with Gasteiger partial charge in [0.1, 0.15) is 4.88 Å². The average molecular weight is 618 g/mol. The van der Waals surface area contributed by atoms with E-state index < -0.39 is 12.1 Å². The van der Waals surface area contributed by atoms with Crippen LogP contribution in [0.1, 0.15) is 133 Å². The maximum atomic E-state index is 11.8. The number of carbonyl (C=O) groups excluding carboxylic acids is 1. The molecule has 1 aromatic heterocycles. The molecule has 1 aromatic rings. The van der Waals surface area contributed by atoms with Crippen molar-refractivity contribution in [3.8, 4) is 24.7 Å². The first-order valence-electron chi connectivity index (χ1n) is 15.8. The van der Waals surface area contributed by atoms with Gasteiger partial charge in [-0.2, -0.15) is 0 Å². The minimum absolute atomic E-state index is 0.0890. The maximum absolute atomic E-state index is 11.8. The van der Waals surface area contributed by atoms with E-state index in [9.17, 15) is 19.5 Å². The molecule has 0 spiro atoms. The molecule has 242 valence electrons. The highest BCUT2D eigenvalue weighted by atomic mass is 32.1. The Morgan fingerprint density at radius 2 is 1.44 bits per heavy atom. The van der Waals surface area contributed by atoms with Crippen LogP contribution in [0.15, 0.2) is 6.07 Å². The first-order valence-corrected chi connectivity index (χ1v) is 16.6. The van der Waals surface area contributed by atoms with E-state index in [-0.39, 0.29) is 22.4 Å². The van der Waals surface area contributed by atoms with Crippen molar-refractivity contribution in [1.29, 1.82) is 0 Å². The Kier molecular flexibility index (Phi) is 21.8. The van der Waals surface area contributed by atoms with E-state index in [0.717, 1.165) is 11.3 Å². The second-order valence-electron chi connectivity index (χ2n) is 11.5. The van der Waals surface area contributed by atoms with E-state index in [2.05, 4.69) is 35.3 Å². The Morgan fingerprint density at radius 3 is 1.79 bits per heavy atom. The minimum atomic E-state index is -1.09. The highest BCUT2D eigenvalue weighted by Crippen LogP contribution is 2.34. The molecular formula is C34H55N3O5S. The molecule has 43 heavy (non-hydrogen) atoms. The number of anilines is 1. The second-order valence-corrected chi connectivity index (χ2v) is 12.6. The molecule has 0 radical (unpaired) electrons. The zero-order chi connectivity index (χ0) is 32.7. The lowest BCUT2D eigenvalue weighted by atomic mass is 9.90. The Labute approximate surface area is 264 Å². The summed E-state index contributed by atoms with van der Waals surface area (Å²) in [5.41, 5.74) is 0.142. The van der Waals surface area contributed by atoms with Gasteiger partial charge in [0.05, 0.1) is 10.6 Å². The fraction of sp³-hybridized carbons (Fsp3) is 0.676. The highest BCUT2D eigenvalue weighted by Gasteiger charge is 2.30. The normalized spacial score (nSPS) is 19.1. The SMILES string of the molecule is C#C.C1CCCCC1.C1CCNCC1.CC.CC(C)(C)C#Cc1cc(N(C=O)C2CCC(NC(=O)O)CC2)c(C(=O)O)s1. The zero-order valence-electron chi connectivity index (χ0n) is 27.0. The van der Waals surface area contributed by atoms with Gasteiger partial charge in [-0.25, -0.2) is 9.59 Å². The Balaban J connectivity index is 0.000000892. The molecule has 9 heteroatoms. The minimum Gasteiger partial charge on any atom is -0.477 e. The van der Waals surface area contributed by atoms with Crippen molar-refractivity contribution in [3.05, 3.63) is 15.8 Å². The summed E-state index contributed by atoms with van der Waals surface area (Å²) >= 11 is 1.06. The van der Waals surface area contributed by atoms with Crippen LogP contribution in [0.25, 0.3) is 0 Å². The summed E-state index contributed by atoms with van der Waals surface area (Å²) < 4.78 is 0. The summed E-state index contributed by atoms with van der Waals surface area (Å²) in [6.07, 6.45) is 23.2. The molecule has 3 fully saturated rings. The van der Waals surface area contributed by atoms with Crippen LogP contribution >= 0.6 is 11.3 Å². The van der Waals surface area contributed by atoms with E-state index in [1.54, 1.807) is 6.07 Å². The van der Waals surface area contributed by atoms with Crippen molar-refractivity contribution in [1.82, 2.24) is 10.6 Å². The van der Waals surface area contributed by atoms with Gasteiger partial charge in [-0.3, -0.25) is 4.79 Å². The topological polar surface area (TPSA) is 119 Å². The van der Waals surface area contributed by atoms with Gasteiger partial charge in [-0.1, -0.05) is 70.6 Å². The number of amides is 2. The van der Waals surface area contributed by atoms with Gasteiger partial charge in [-0.15, -0.1) is 24.2 Å². The van der Waals surface area contributed by atoms with Crippen LogP contribution in [-0.2, 0) is 4.79 Å². The fourth-order valence-electron chi connectivity index (χ4n) is 4.91. The van der Waals surface area contributed by atoms with Crippen molar-refractivity contribution in [2.24, 2.45) is 5.41 Å². The molecule has 8 nitrogen and oxygen atoms in total. The predicted molar refractivity (Wildman–Crippen MR) is 179 cm³/mol. The Morgan fingerprint density at radius 1 is 0.953 bits per heavy atom. The molecular weight excluding hydrogens is 562 g/mol. The largest absolute Gasteiger partial charge is 0.477 e. The summed E-state index contributed by atoms with van der Waals surface area (Å²) in [5, 5.41) is 24.1. The summed E-state index contributed by atoms with van der Waals surface area (Å²) in [4.78, 5) is 36.3. The lowest BCUT2D eigenvalue weighted by Crippen LogP contribution is -2.43. The van der Waals surface area contributed by atoms with Crippen molar-refractivity contribution in [3.63, 3.8) is 0 Å². The van der Waals surface area contributed by atoms with Crippen LogP contribution in [0, 0.1) is 30.1 Å². The lowest BCUT2D eigenvalue weighted by Gasteiger charge is -2.34. The quantitative estimate of drug-likeness (QED) is 0.198. The molecule has 2 aliphatic carbocycles. The number of carbonyl (C=O) groups is 3. The smallest absolute Gasteiger partial charge is 0.404 e. The predicted octanol–water partition coefficient (Wildman–Crippen LogP) is 7.76. The van der Waals surface area contributed by atoms with Gasteiger partial charge in [0.15, 0.2) is 0 Å². The number of piperidine rings is 1. The van der Waals surface area contributed by atoms with Crippen molar-refractivity contribution < 1.29 is 24.6 Å². The molecule has 0 aromatic carbocycles. The molecule has 1 aliphatic heterocycles. The van der Waals surface area contributed by atoms with E-state index in [1.807, 2.05) is 34.6 Å². The van der Waals surface area contributed by atoms with Gasteiger partial charge >= 0.3 is 12.1 Å². The van der Waals surface area contributed by atoms with Crippen LogP contribution in [-0.4, -0.2) is 53.9 Å². The van der Waals surface area contributed by atoms with Crippen LogP contribution in [0.3, 0.4) is 0 Å². The van der Waals surface area contributed by atoms with Crippen LogP contribution < -0.4 is 15.5 Å². The molecule has 3 aliphatic rings. The standard InChI is InChI=1S/C19H24N2O5S.C6H12.C5H11N.C2H6.C2H2/c1-19(2,3)9-8-14-10-15(16(27-14)17(23)24)21(11-22)13-6-4-12(5-7-13)20-18(25)26;2*1-2-4-6-5-3-1;2*1-2/h10-13,20H,4-7H2,1-3H3,(H,23,24)(H,25,26);1-6H2;6H,1-5H2;1-2H3;1-2H. The van der Waals surface area contributed by atoms with Gasteiger partial charge < -0.3 is 25.7 Å². The summed E-state index contributed by atoms with van der Waals surface area (Å²) in [7, 11) is 0. The molecule has 0 unspecified atom stereocenters. The monoisotopic (exact) mass is 617 g/mol. The molecule has 4 N–H and O–H groups in total. The van der Waals surface area contributed by atoms with Gasteiger partial charge in [-0.05, 0) is 78.5 Å². The number of rotatable bonds is 5. The molecule has 0 atom stereocenters. The maximum Gasteiger partial charge on any atom is 0.404 e. The first kappa shape index (κ1) is 40.0. The number of hydrogen-bond acceptors (Lipinski definition) is 5. The Hall–Kier alpha value is -3.01. The van der Waals surface area contributed by atoms with Gasteiger partial charge in [0, 0.05) is 17.5 Å². The number of thiophene rings is 1. The molecule has 1 saturated heterocycles. The Bertz CT molecular complexity index is 968. The number of nitrogens with one attached hydrogen (secondary N) is 2. The highest BCUT2D eigenvalue weighted by molar-refractivity contribution is 7.15. The van der Waals surface area contributed by atoms with Crippen LogP contribution in [0.2, 0.25) is 0 Å². The fourth-order valence-corrected chi connectivity index (χ4v) is 5.76. The van der Waals surface area contributed by atoms with Gasteiger partial charge in [0.2, 0.25) is 6.41 Å². The van der Waals surface area contributed by atoms with Crippen LogP contribution in [0.4, 0.5) is 10.5 Å². The summed E-state index contributed by atoms with van der Waals surface area (Å²) in [6, 6.07) is 1.36. The number of carboxylic acids is 1. The van der Waals surface area contributed by atoms with E-state index in [0.29, 0.717) is 42.7 Å². The first-order chi connectivity index (χ1) is 20.6. The second kappa shape index (κ2) is 23.4. The van der Waals surface area contributed by atoms with Crippen molar-refractivity contribution in [2.75, 3.05) is 18.0 Å². The van der Waals surface area contributed by atoms with Crippen molar-refractivity contribution in [2.45, 2.75) is 130 Å². The lowest BCUT2D eigenvalue weighted by molar-refractivity contribution is -0.108. The average Bonchev–Trinajstić information content (AvgIpc) is 3.46. The third kappa shape index (κ3) is 17.6. The summed E-state index contributed by atoms with van der Waals surface area (Å²) in [5.74, 6) is 4.98. The number of nitrogens with zero attached hydrogens (tertiary/aromatic N) is 1. The molecule has 2 amide bonds. The third-order valence-electron chi connectivity index (χ3n) is 6.98. The van der Waals surface area contributed by atoms with Crippen molar-refractivity contribution >= 4 is 35.5 Å². The molecule has 0 bridgehead atoms. The number of hydrogen-bond donors (Lipinski definition) is 4. The summed E-state index contributed by atoms with van der Waals surface area (Å²) in [6.45, 7) is 12.4.